The van der Waals surface area contributed by atoms with Gasteiger partial charge in [0.1, 0.15) is 29.7 Å². The molecule has 0 fully saturated rings. The van der Waals surface area contributed by atoms with Gasteiger partial charge in [-0.2, -0.15) is 5.26 Å². The van der Waals surface area contributed by atoms with Crippen LogP contribution in [0, 0.1) is 11.3 Å². The van der Waals surface area contributed by atoms with Crippen LogP contribution >= 0.6 is 31.9 Å². The van der Waals surface area contributed by atoms with Crippen molar-refractivity contribution in [2.75, 3.05) is 5.32 Å². The second kappa shape index (κ2) is 10.6. The van der Waals surface area contributed by atoms with Crippen molar-refractivity contribution in [3.63, 3.8) is 0 Å². The van der Waals surface area contributed by atoms with E-state index in [1.165, 1.54) is 23.6 Å². The predicted molar refractivity (Wildman–Crippen MR) is 140 cm³/mol. The minimum absolute atomic E-state index is 0.0586. The molecule has 4 rings (SSSR count). The van der Waals surface area contributed by atoms with Crippen LogP contribution in [0.25, 0.3) is 16.8 Å². The van der Waals surface area contributed by atoms with Crippen molar-refractivity contribution < 1.29 is 14.6 Å². The summed E-state index contributed by atoms with van der Waals surface area (Å²) in [7, 11) is 0. The Balaban J connectivity index is 1.50. The van der Waals surface area contributed by atoms with Gasteiger partial charge >= 0.3 is 0 Å². The maximum atomic E-state index is 12.5. The number of halogens is 2. The van der Waals surface area contributed by atoms with E-state index in [1.807, 2.05) is 24.3 Å². The van der Waals surface area contributed by atoms with Gasteiger partial charge in [0.25, 0.3) is 5.91 Å². The summed E-state index contributed by atoms with van der Waals surface area (Å²) in [5.74, 6) is 0.168. The number of hydrogen-bond donors (Lipinski definition) is 2. The number of phenolic OH excluding ortho intramolecular Hbond substituents is 1. The van der Waals surface area contributed by atoms with Crippen LogP contribution in [-0.4, -0.2) is 11.0 Å². The molecular formula is C27H18Br2N2O3. The van der Waals surface area contributed by atoms with Gasteiger partial charge in [-0.25, -0.2) is 0 Å². The van der Waals surface area contributed by atoms with Crippen molar-refractivity contribution in [2.45, 2.75) is 6.61 Å². The Bertz CT molecular complexity index is 1420. The largest absolute Gasteiger partial charge is 0.508 e. The number of carbonyl (C=O) groups excluding carboxylic acids is 1. The smallest absolute Gasteiger partial charge is 0.266 e. The fourth-order valence-corrected chi connectivity index (χ4v) is 4.79. The normalized spacial score (nSPS) is 11.1. The van der Waals surface area contributed by atoms with Crippen LogP contribution in [0.4, 0.5) is 5.69 Å². The zero-order valence-electron chi connectivity index (χ0n) is 17.8. The Morgan fingerprint density at radius 2 is 1.65 bits per heavy atom. The lowest BCUT2D eigenvalue weighted by atomic mass is 10.1. The van der Waals surface area contributed by atoms with Crippen LogP contribution in [-0.2, 0) is 11.4 Å². The topological polar surface area (TPSA) is 82.3 Å². The maximum Gasteiger partial charge on any atom is 0.266 e. The molecule has 0 atom stereocenters. The van der Waals surface area contributed by atoms with Crippen molar-refractivity contribution >= 4 is 60.3 Å². The van der Waals surface area contributed by atoms with Crippen molar-refractivity contribution in [3.8, 4) is 17.6 Å². The Morgan fingerprint density at radius 1 is 0.971 bits per heavy atom. The molecule has 0 heterocycles. The van der Waals surface area contributed by atoms with Gasteiger partial charge in [0.05, 0.1) is 8.95 Å². The summed E-state index contributed by atoms with van der Waals surface area (Å²) in [6, 6.07) is 25.9. The average molecular weight is 578 g/mol. The molecule has 0 aromatic heterocycles. The average Bonchev–Trinajstić information content (AvgIpc) is 2.83. The van der Waals surface area contributed by atoms with E-state index >= 15 is 0 Å². The third kappa shape index (κ3) is 5.66. The number of rotatable bonds is 6. The van der Waals surface area contributed by atoms with Gasteiger partial charge in [0, 0.05) is 5.69 Å². The molecular weight excluding hydrogens is 560 g/mol. The van der Waals surface area contributed by atoms with Gasteiger partial charge in [-0.05, 0) is 102 Å². The number of nitrogens with one attached hydrogen (secondary N) is 1. The lowest BCUT2D eigenvalue weighted by Crippen LogP contribution is -2.13. The number of phenols is 1. The fraction of sp³-hybridized carbons (Fsp3) is 0.0370. The maximum absolute atomic E-state index is 12.5. The highest BCUT2D eigenvalue weighted by Gasteiger charge is 2.13. The molecule has 4 aromatic rings. The van der Waals surface area contributed by atoms with E-state index in [1.54, 1.807) is 24.3 Å². The number of carbonyl (C=O) groups is 1. The van der Waals surface area contributed by atoms with Crippen LogP contribution in [0.3, 0.4) is 0 Å². The summed E-state index contributed by atoms with van der Waals surface area (Å²) in [5.41, 5.74) is 2.11. The molecule has 0 saturated carbocycles. The van der Waals surface area contributed by atoms with Crippen molar-refractivity contribution in [1.29, 1.82) is 5.26 Å². The third-order valence-electron chi connectivity index (χ3n) is 5.02. The first-order valence-corrected chi connectivity index (χ1v) is 11.8. The highest BCUT2D eigenvalue weighted by Crippen LogP contribution is 2.36. The summed E-state index contributed by atoms with van der Waals surface area (Å²) >= 11 is 7.06. The van der Waals surface area contributed by atoms with E-state index in [4.69, 9.17) is 4.74 Å². The van der Waals surface area contributed by atoms with E-state index in [9.17, 15) is 15.2 Å². The van der Waals surface area contributed by atoms with Crippen molar-refractivity contribution in [2.24, 2.45) is 0 Å². The number of nitriles is 1. The Kier molecular flexibility index (Phi) is 7.31. The van der Waals surface area contributed by atoms with E-state index in [-0.39, 0.29) is 11.3 Å². The van der Waals surface area contributed by atoms with Crippen LogP contribution in [0.5, 0.6) is 11.5 Å². The SMILES string of the molecule is N#C/C(=C\c1cc(Br)c(OCc2ccc3ccccc3c2)c(Br)c1)C(=O)Nc1ccc(O)cc1. The highest BCUT2D eigenvalue weighted by molar-refractivity contribution is 9.11. The number of anilines is 1. The van der Waals surface area contributed by atoms with Gasteiger partial charge in [-0.1, -0.05) is 36.4 Å². The number of hydrogen-bond acceptors (Lipinski definition) is 4. The first-order valence-electron chi connectivity index (χ1n) is 10.2. The zero-order valence-corrected chi connectivity index (χ0v) is 20.9. The van der Waals surface area contributed by atoms with Crippen LogP contribution in [0.1, 0.15) is 11.1 Å². The number of amides is 1. The number of ether oxygens (including phenoxy) is 1. The minimum atomic E-state index is -0.544. The molecule has 1 amide bonds. The summed E-state index contributed by atoms with van der Waals surface area (Å²) in [6.45, 7) is 0.385. The molecule has 4 aromatic carbocycles. The lowest BCUT2D eigenvalue weighted by molar-refractivity contribution is -0.112. The van der Waals surface area contributed by atoms with Gasteiger partial charge in [0.15, 0.2) is 0 Å². The van der Waals surface area contributed by atoms with Crippen LogP contribution < -0.4 is 10.1 Å². The van der Waals surface area contributed by atoms with Crippen molar-refractivity contribution in [1.82, 2.24) is 0 Å². The minimum Gasteiger partial charge on any atom is -0.508 e. The van der Waals surface area contributed by atoms with Crippen molar-refractivity contribution in [3.05, 3.63) is 105 Å². The van der Waals surface area contributed by atoms with Gasteiger partial charge in [-0.15, -0.1) is 0 Å². The fourth-order valence-electron chi connectivity index (χ4n) is 3.34. The molecule has 34 heavy (non-hydrogen) atoms. The molecule has 0 aliphatic carbocycles. The molecule has 0 bridgehead atoms. The van der Waals surface area contributed by atoms with Gasteiger partial charge in [-0.3, -0.25) is 4.79 Å². The molecule has 168 valence electrons. The Hall–Kier alpha value is -3.60. The monoisotopic (exact) mass is 576 g/mol. The van der Waals surface area contributed by atoms with E-state index in [2.05, 4.69) is 61.4 Å². The highest BCUT2D eigenvalue weighted by atomic mass is 79.9. The summed E-state index contributed by atoms with van der Waals surface area (Å²) in [6.07, 6.45) is 1.50. The Morgan fingerprint density at radius 3 is 2.32 bits per heavy atom. The second-order valence-corrected chi connectivity index (χ2v) is 9.16. The molecule has 2 N–H and O–H groups in total. The molecule has 0 spiro atoms. The van der Waals surface area contributed by atoms with E-state index in [0.29, 0.717) is 32.6 Å². The van der Waals surface area contributed by atoms with E-state index in [0.717, 1.165) is 10.9 Å². The first-order chi connectivity index (χ1) is 16.4. The molecule has 0 aliphatic rings. The summed E-state index contributed by atoms with van der Waals surface area (Å²) in [4.78, 5) is 12.5. The second-order valence-electron chi connectivity index (χ2n) is 7.45. The number of benzene rings is 4. The van der Waals surface area contributed by atoms with Crippen LogP contribution in [0.2, 0.25) is 0 Å². The number of fused-ring (bicyclic) bond motifs is 1. The molecule has 5 nitrogen and oxygen atoms in total. The molecule has 7 heteroatoms. The molecule has 0 unspecified atom stereocenters. The number of nitrogens with zero attached hydrogens (tertiary/aromatic N) is 1. The Labute approximate surface area is 213 Å². The van der Waals surface area contributed by atoms with Gasteiger partial charge in [0.2, 0.25) is 0 Å². The summed E-state index contributed by atoms with van der Waals surface area (Å²) in [5, 5.41) is 23.8. The van der Waals surface area contributed by atoms with Crippen LogP contribution in [0.15, 0.2) is 93.4 Å². The zero-order chi connectivity index (χ0) is 24.1. The quantitative estimate of drug-likeness (QED) is 0.144. The van der Waals surface area contributed by atoms with Gasteiger partial charge < -0.3 is 15.2 Å². The standard InChI is InChI=1S/C27H18Br2N2O3/c28-24-13-18(12-21(15-30)27(33)31-22-7-9-23(32)10-8-22)14-25(29)26(24)34-16-17-5-6-19-3-1-2-4-20(19)11-17/h1-14,32H,16H2,(H,31,33)/b21-12+. The third-order valence-corrected chi connectivity index (χ3v) is 6.20. The molecule has 0 aliphatic heterocycles. The number of aromatic hydroxyl groups is 1. The summed E-state index contributed by atoms with van der Waals surface area (Å²) < 4.78 is 7.42. The molecule has 0 radical (unpaired) electrons. The lowest BCUT2D eigenvalue weighted by Gasteiger charge is -2.12. The first kappa shape index (κ1) is 23.6. The predicted octanol–water partition coefficient (Wildman–Crippen LogP) is 7.20. The molecule has 0 saturated heterocycles. The van der Waals surface area contributed by atoms with E-state index < -0.39 is 5.91 Å².